The lowest BCUT2D eigenvalue weighted by Crippen LogP contribution is -2.48. The number of fused-ring (bicyclic) bond motifs is 1. The van der Waals surface area contributed by atoms with Crippen molar-refractivity contribution in [2.75, 3.05) is 43.5 Å². The van der Waals surface area contributed by atoms with Gasteiger partial charge in [-0.05, 0) is 60.7 Å². The van der Waals surface area contributed by atoms with Gasteiger partial charge in [0.25, 0.3) is 11.8 Å². The van der Waals surface area contributed by atoms with Crippen LogP contribution in [0.3, 0.4) is 0 Å². The van der Waals surface area contributed by atoms with Crippen molar-refractivity contribution in [3.05, 3.63) is 87.2 Å². The van der Waals surface area contributed by atoms with Gasteiger partial charge in [-0.2, -0.15) is 0 Å². The van der Waals surface area contributed by atoms with Crippen LogP contribution in [0.4, 0.5) is 11.4 Å². The molecule has 1 aliphatic heterocycles. The molecule has 36 heavy (non-hydrogen) atoms. The van der Waals surface area contributed by atoms with Crippen LogP contribution in [0.1, 0.15) is 20.0 Å². The maximum Gasteiger partial charge on any atom is 0.267 e. The van der Waals surface area contributed by atoms with Crippen molar-refractivity contribution >= 4 is 67.8 Å². The molecule has 0 spiro atoms. The molecule has 0 atom stereocenters. The van der Waals surface area contributed by atoms with E-state index >= 15 is 0 Å². The third kappa shape index (κ3) is 5.00. The van der Waals surface area contributed by atoms with Crippen LogP contribution in [-0.2, 0) is 0 Å². The van der Waals surface area contributed by atoms with Crippen molar-refractivity contribution in [2.24, 2.45) is 0 Å². The average molecular weight is 540 g/mol. The standard InChI is InChI=1S/C27H23Cl2N3O3S/c1-35-21-9-2-17(3-10-21)27(34)32-14-12-31(13-15-32)20-7-5-19(6-8-20)30-26(33)25-24(29)22-11-4-18(28)16-23(22)36-25/h2-11,16H,12-15H2,1H3,(H,30,33). The molecule has 1 fully saturated rings. The lowest BCUT2D eigenvalue weighted by Gasteiger charge is -2.36. The first kappa shape index (κ1) is 24.4. The SMILES string of the molecule is COc1ccc(C(=O)N2CCN(c3ccc(NC(=O)c4sc5cc(Cl)ccc5c4Cl)cc3)CC2)cc1. The number of hydrogen-bond acceptors (Lipinski definition) is 5. The monoisotopic (exact) mass is 539 g/mol. The Hall–Kier alpha value is -3.26. The van der Waals surface area contributed by atoms with Crippen LogP contribution in [0, 0.1) is 0 Å². The minimum absolute atomic E-state index is 0.0255. The Bertz CT molecular complexity index is 1410. The largest absolute Gasteiger partial charge is 0.497 e. The zero-order chi connectivity index (χ0) is 25.2. The molecule has 1 aromatic heterocycles. The van der Waals surface area contributed by atoms with E-state index in [0.717, 1.165) is 34.6 Å². The predicted molar refractivity (Wildman–Crippen MR) is 147 cm³/mol. The number of thiophene rings is 1. The fraction of sp³-hybridized carbons (Fsp3) is 0.185. The summed E-state index contributed by atoms with van der Waals surface area (Å²) < 4.78 is 6.04. The molecule has 6 nitrogen and oxygen atoms in total. The molecule has 3 aromatic carbocycles. The number of nitrogens with one attached hydrogen (secondary N) is 1. The van der Waals surface area contributed by atoms with Crippen molar-refractivity contribution in [1.29, 1.82) is 0 Å². The normalized spacial score (nSPS) is 13.6. The molecule has 0 aliphatic carbocycles. The molecular formula is C27H23Cl2N3O3S. The second-order valence-corrected chi connectivity index (χ2v) is 10.3. The van der Waals surface area contributed by atoms with E-state index in [4.69, 9.17) is 27.9 Å². The van der Waals surface area contributed by atoms with Gasteiger partial charge in [-0.1, -0.05) is 29.3 Å². The van der Waals surface area contributed by atoms with Gasteiger partial charge in [0, 0.05) is 58.2 Å². The second-order valence-electron chi connectivity index (χ2n) is 8.39. The Morgan fingerprint density at radius 1 is 0.917 bits per heavy atom. The van der Waals surface area contributed by atoms with Gasteiger partial charge in [-0.15, -0.1) is 11.3 Å². The topological polar surface area (TPSA) is 61.9 Å². The predicted octanol–water partition coefficient (Wildman–Crippen LogP) is 6.43. The molecule has 1 N–H and O–H groups in total. The van der Waals surface area contributed by atoms with E-state index in [9.17, 15) is 9.59 Å². The van der Waals surface area contributed by atoms with Crippen molar-refractivity contribution in [1.82, 2.24) is 4.90 Å². The number of anilines is 2. The smallest absolute Gasteiger partial charge is 0.267 e. The number of benzene rings is 3. The molecule has 5 rings (SSSR count). The minimum Gasteiger partial charge on any atom is -0.497 e. The molecule has 4 aromatic rings. The highest BCUT2D eigenvalue weighted by atomic mass is 35.5. The van der Waals surface area contributed by atoms with Crippen LogP contribution in [0.5, 0.6) is 5.75 Å². The van der Waals surface area contributed by atoms with E-state index in [1.807, 2.05) is 41.3 Å². The summed E-state index contributed by atoms with van der Waals surface area (Å²) in [6.45, 7) is 2.73. The number of piperazine rings is 1. The maximum absolute atomic E-state index is 12.9. The van der Waals surface area contributed by atoms with E-state index in [0.29, 0.717) is 39.3 Å². The number of rotatable bonds is 5. The number of halogens is 2. The number of methoxy groups -OCH3 is 1. The molecule has 0 saturated carbocycles. The molecule has 2 amide bonds. The van der Waals surface area contributed by atoms with Crippen LogP contribution in [0.15, 0.2) is 66.7 Å². The fourth-order valence-corrected chi connectivity index (χ4v) is 5.90. The number of nitrogens with zero attached hydrogens (tertiary/aromatic N) is 2. The molecule has 2 heterocycles. The van der Waals surface area contributed by atoms with E-state index in [2.05, 4.69) is 10.2 Å². The Morgan fingerprint density at radius 3 is 2.28 bits per heavy atom. The van der Waals surface area contributed by atoms with Gasteiger partial charge in [0.05, 0.1) is 12.1 Å². The van der Waals surface area contributed by atoms with Gasteiger partial charge in [-0.25, -0.2) is 0 Å². The maximum atomic E-state index is 12.9. The summed E-state index contributed by atoms with van der Waals surface area (Å²) in [5.74, 6) is 0.501. The first-order chi connectivity index (χ1) is 17.4. The first-order valence-electron chi connectivity index (χ1n) is 11.4. The quantitative estimate of drug-likeness (QED) is 0.317. The summed E-state index contributed by atoms with van der Waals surface area (Å²) in [4.78, 5) is 30.2. The lowest BCUT2D eigenvalue weighted by atomic mass is 10.1. The van der Waals surface area contributed by atoms with Gasteiger partial charge in [0.2, 0.25) is 0 Å². The highest BCUT2D eigenvalue weighted by Gasteiger charge is 2.23. The molecule has 184 valence electrons. The number of ether oxygens (including phenoxy) is 1. The van der Waals surface area contributed by atoms with Gasteiger partial charge >= 0.3 is 0 Å². The Balaban J connectivity index is 1.19. The fourth-order valence-electron chi connectivity index (χ4n) is 4.21. The highest BCUT2D eigenvalue weighted by Crippen LogP contribution is 2.37. The third-order valence-electron chi connectivity index (χ3n) is 6.19. The van der Waals surface area contributed by atoms with Crippen molar-refractivity contribution in [2.45, 2.75) is 0 Å². The zero-order valence-electron chi connectivity index (χ0n) is 19.5. The number of carbonyl (C=O) groups is 2. The molecule has 1 saturated heterocycles. The minimum atomic E-state index is -0.254. The molecular weight excluding hydrogens is 517 g/mol. The second kappa shape index (κ2) is 10.4. The Labute approximate surface area is 223 Å². The summed E-state index contributed by atoms with van der Waals surface area (Å²) in [6, 6.07) is 20.3. The number of hydrogen-bond donors (Lipinski definition) is 1. The summed E-state index contributed by atoms with van der Waals surface area (Å²) >= 11 is 13.8. The molecule has 0 unspecified atom stereocenters. The van der Waals surface area contributed by atoms with Crippen molar-refractivity contribution in [3.63, 3.8) is 0 Å². The van der Waals surface area contributed by atoms with E-state index in [1.54, 1.807) is 37.4 Å². The van der Waals surface area contributed by atoms with Crippen LogP contribution in [0.25, 0.3) is 10.1 Å². The van der Waals surface area contributed by atoms with Gasteiger partial charge < -0.3 is 19.9 Å². The summed E-state index contributed by atoms with van der Waals surface area (Å²) in [5.41, 5.74) is 2.38. The number of amides is 2. The molecule has 0 bridgehead atoms. The van der Waals surface area contributed by atoms with Crippen LogP contribution in [0.2, 0.25) is 10.0 Å². The Kier molecular flexibility index (Phi) is 7.05. The van der Waals surface area contributed by atoms with E-state index in [-0.39, 0.29) is 11.8 Å². The third-order valence-corrected chi connectivity index (χ3v) is 8.08. The summed E-state index contributed by atoms with van der Waals surface area (Å²) in [6.07, 6.45) is 0. The van der Waals surface area contributed by atoms with E-state index in [1.165, 1.54) is 11.3 Å². The molecule has 9 heteroatoms. The first-order valence-corrected chi connectivity index (χ1v) is 13.0. The van der Waals surface area contributed by atoms with Gasteiger partial charge in [0.15, 0.2) is 0 Å². The Morgan fingerprint density at radius 2 is 1.61 bits per heavy atom. The van der Waals surface area contributed by atoms with Gasteiger partial charge in [0.1, 0.15) is 10.6 Å². The zero-order valence-corrected chi connectivity index (χ0v) is 21.8. The van der Waals surface area contributed by atoms with Crippen molar-refractivity contribution in [3.8, 4) is 5.75 Å². The summed E-state index contributed by atoms with van der Waals surface area (Å²) in [7, 11) is 1.61. The lowest BCUT2D eigenvalue weighted by molar-refractivity contribution is 0.0746. The highest BCUT2D eigenvalue weighted by molar-refractivity contribution is 7.21. The van der Waals surface area contributed by atoms with Crippen LogP contribution in [-0.4, -0.2) is 50.0 Å². The number of carbonyl (C=O) groups excluding carboxylic acids is 2. The average Bonchev–Trinajstić information content (AvgIpc) is 3.24. The summed E-state index contributed by atoms with van der Waals surface area (Å²) in [5, 5.41) is 4.78. The van der Waals surface area contributed by atoms with Gasteiger partial charge in [-0.3, -0.25) is 9.59 Å². The van der Waals surface area contributed by atoms with E-state index < -0.39 is 0 Å². The molecule has 0 radical (unpaired) electrons. The molecule has 1 aliphatic rings. The van der Waals surface area contributed by atoms with Crippen molar-refractivity contribution < 1.29 is 14.3 Å². The van der Waals surface area contributed by atoms with Crippen LogP contribution >= 0.6 is 34.5 Å². The van der Waals surface area contributed by atoms with Crippen LogP contribution < -0.4 is 15.0 Å².